The van der Waals surface area contributed by atoms with E-state index in [0.29, 0.717) is 12.5 Å². The van der Waals surface area contributed by atoms with Crippen molar-refractivity contribution in [3.63, 3.8) is 0 Å². The van der Waals surface area contributed by atoms with Crippen LogP contribution >= 0.6 is 15.9 Å². The topological polar surface area (TPSA) is 43.8 Å². The quantitative estimate of drug-likeness (QED) is 0.884. The predicted molar refractivity (Wildman–Crippen MR) is 57.7 cm³/mol. The molecule has 0 aliphatic carbocycles. The third kappa shape index (κ3) is 2.81. The summed E-state index contributed by atoms with van der Waals surface area (Å²) in [4.78, 5) is 0. The zero-order valence-electron chi connectivity index (χ0n) is 8.13. The summed E-state index contributed by atoms with van der Waals surface area (Å²) in [7, 11) is 0. The van der Waals surface area contributed by atoms with Crippen LogP contribution in [-0.4, -0.2) is 16.3 Å². The third-order valence-electron chi connectivity index (χ3n) is 1.88. The van der Waals surface area contributed by atoms with Gasteiger partial charge in [0.15, 0.2) is 0 Å². The Kier molecular flexibility index (Phi) is 3.93. The third-order valence-corrected chi connectivity index (χ3v) is 2.49. The van der Waals surface area contributed by atoms with Gasteiger partial charge in [-0.25, -0.2) is 0 Å². The van der Waals surface area contributed by atoms with Gasteiger partial charge in [0.2, 0.25) is 0 Å². The maximum absolute atomic E-state index is 5.43. The lowest BCUT2D eigenvalue weighted by atomic mass is 10.1. The number of nitrogens with two attached hydrogens (primary N) is 1. The van der Waals surface area contributed by atoms with Gasteiger partial charge in [-0.3, -0.25) is 4.68 Å². The van der Waals surface area contributed by atoms with E-state index in [9.17, 15) is 0 Å². The summed E-state index contributed by atoms with van der Waals surface area (Å²) in [5.41, 5.74) is 6.55. The summed E-state index contributed by atoms with van der Waals surface area (Å²) in [6.45, 7) is 5.90. The van der Waals surface area contributed by atoms with Crippen molar-refractivity contribution in [3.05, 3.63) is 16.4 Å². The second-order valence-electron chi connectivity index (χ2n) is 3.42. The van der Waals surface area contributed by atoms with Gasteiger partial charge in [-0.05, 0) is 34.8 Å². The monoisotopic (exact) mass is 245 g/mol. The Morgan fingerprint density at radius 2 is 2.31 bits per heavy atom. The van der Waals surface area contributed by atoms with Crippen molar-refractivity contribution in [1.29, 1.82) is 0 Å². The van der Waals surface area contributed by atoms with E-state index in [1.165, 1.54) is 0 Å². The molecule has 0 amide bonds. The van der Waals surface area contributed by atoms with Crippen molar-refractivity contribution in [3.8, 4) is 0 Å². The van der Waals surface area contributed by atoms with E-state index in [4.69, 9.17) is 5.73 Å². The molecular formula is C9H16BrN3. The first kappa shape index (κ1) is 10.7. The van der Waals surface area contributed by atoms with Gasteiger partial charge < -0.3 is 5.73 Å². The van der Waals surface area contributed by atoms with Crippen molar-refractivity contribution >= 4 is 15.9 Å². The maximum Gasteiger partial charge on any atom is 0.0791 e. The molecule has 74 valence electrons. The van der Waals surface area contributed by atoms with Crippen molar-refractivity contribution < 1.29 is 0 Å². The van der Waals surface area contributed by atoms with Crippen LogP contribution in [0.3, 0.4) is 0 Å². The standard InChI is InChI=1S/C9H16BrN3/c1-7(2)9-8(10)6-13(12-9)5-3-4-11/h6-7H,3-5,11H2,1-2H3. The second kappa shape index (κ2) is 4.77. The molecular weight excluding hydrogens is 230 g/mol. The molecule has 0 unspecified atom stereocenters. The van der Waals surface area contributed by atoms with E-state index in [0.717, 1.165) is 23.1 Å². The molecule has 4 heteroatoms. The van der Waals surface area contributed by atoms with Gasteiger partial charge in [-0.2, -0.15) is 5.10 Å². The maximum atomic E-state index is 5.43. The number of rotatable bonds is 4. The number of nitrogens with zero attached hydrogens (tertiary/aromatic N) is 2. The first-order valence-corrected chi connectivity index (χ1v) is 5.37. The molecule has 3 nitrogen and oxygen atoms in total. The molecule has 0 saturated heterocycles. The Hall–Kier alpha value is -0.350. The van der Waals surface area contributed by atoms with Crippen LogP contribution < -0.4 is 5.73 Å². The minimum atomic E-state index is 0.466. The summed E-state index contributed by atoms with van der Waals surface area (Å²) in [6.07, 6.45) is 3.00. The minimum Gasteiger partial charge on any atom is -0.330 e. The molecule has 1 heterocycles. The molecule has 1 rings (SSSR count). The fourth-order valence-corrected chi connectivity index (χ4v) is 1.94. The molecule has 0 spiro atoms. The Bertz CT molecular complexity index is 268. The fourth-order valence-electron chi connectivity index (χ4n) is 1.17. The van der Waals surface area contributed by atoms with Crippen LogP contribution in [0.4, 0.5) is 0 Å². The zero-order valence-corrected chi connectivity index (χ0v) is 9.71. The molecule has 0 atom stereocenters. The summed E-state index contributed by atoms with van der Waals surface area (Å²) < 4.78 is 3.05. The van der Waals surface area contributed by atoms with Crippen molar-refractivity contribution in [2.75, 3.05) is 6.54 Å². The Morgan fingerprint density at radius 1 is 1.62 bits per heavy atom. The fraction of sp³-hybridized carbons (Fsp3) is 0.667. The smallest absolute Gasteiger partial charge is 0.0791 e. The van der Waals surface area contributed by atoms with Crippen LogP contribution in [0.15, 0.2) is 10.7 Å². The molecule has 1 aromatic heterocycles. The van der Waals surface area contributed by atoms with Gasteiger partial charge in [-0.1, -0.05) is 13.8 Å². The summed E-state index contributed by atoms with van der Waals surface area (Å²) in [6, 6.07) is 0. The molecule has 1 aromatic rings. The SMILES string of the molecule is CC(C)c1nn(CCCN)cc1Br. The lowest BCUT2D eigenvalue weighted by Crippen LogP contribution is -2.06. The van der Waals surface area contributed by atoms with Crippen LogP contribution in [-0.2, 0) is 6.54 Å². The molecule has 13 heavy (non-hydrogen) atoms. The van der Waals surface area contributed by atoms with Gasteiger partial charge in [0.1, 0.15) is 0 Å². The molecule has 0 radical (unpaired) electrons. The Morgan fingerprint density at radius 3 is 2.77 bits per heavy atom. The number of hydrogen-bond acceptors (Lipinski definition) is 2. The molecule has 0 bridgehead atoms. The lowest BCUT2D eigenvalue weighted by Gasteiger charge is -2.00. The summed E-state index contributed by atoms with van der Waals surface area (Å²) in [5, 5.41) is 4.46. The predicted octanol–water partition coefficient (Wildman–Crippen LogP) is 2.12. The van der Waals surface area contributed by atoms with Gasteiger partial charge in [0, 0.05) is 12.7 Å². The van der Waals surface area contributed by atoms with E-state index in [1.54, 1.807) is 0 Å². The van der Waals surface area contributed by atoms with Crippen LogP contribution in [0.1, 0.15) is 31.9 Å². The van der Waals surface area contributed by atoms with Crippen LogP contribution in [0.2, 0.25) is 0 Å². The van der Waals surface area contributed by atoms with E-state index < -0.39 is 0 Å². The lowest BCUT2D eigenvalue weighted by molar-refractivity contribution is 0.572. The molecule has 0 aliphatic heterocycles. The van der Waals surface area contributed by atoms with Gasteiger partial charge in [0.05, 0.1) is 10.2 Å². The number of halogens is 1. The largest absolute Gasteiger partial charge is 0.330 e. The normalized spacial score (nSPS) is 11.2. The van der Waals surface area contributed by atoms with Gasteiger partial charge in [0.25, 0.3) is 0 Å². The van der Waals surface area contributed by atoms with Crippen LogP contribution in [0.25, 0.3) is 0 Å². The highest BCUT2D eigenvalue weighted by Crippen LogP contribution is 2.22. The Balaban J connectivity index is 2.71. The van der Waals surface area contributed by atoms with Crippen LogP contribution in [0.5, 0.6) is 0 Å². The first-order valence-electron chi connectivity index (χ1n) is 4.58. The van der Waals surface area contributed by atoms with E-state index in [1.807, 2.05) is 10.9 Å². The van der Waals surface area contributed by atoms with Crippen molar-refractivity contribution in [1.82, 2.24) is 9.78 Å². The molecule has 0 aromatic carbocycles. The molecule has 0 fully saturated rings. The second-order valence-corrected chi connectivity index (χ2v) is 4.28. The average molecular weight is 246 g/mol. The van der Waals surface area contributed by atoms with Gasteiger partial charge >= 0.3 is 0 Å². The van der Waals surface area contributed by atoms with Crippen molar-refractivity contribution in [2.45, 2.75) is 32.7 Å². The van der Waals surface area contributed by atoms with E-state index in [-0.39, 0.29) is 0 Å². The van der Waals surface area contributed by atoms with E-state index in [2.05, 4.69) is 34.9 Å². The molecule has 0 aliphatic rings. The number of hydrogen-bond donors (Lipinski definition) is 1. The first-order chi connectivity index (χ1) is 6.15. The minimum absolute atomic E-state index is 0.466. The molecule has 2 N–H and O–H groups in total. The number of aryl methyl sites for hydroxylation is 1. The summed E-state index contributed by atoms with van der Waals surface area (Å²) >= 11 is 3.50. The zero-order chi connectivity index (χ0) is 9.84. The highest BCUT2D eigenvalue weighted by atomic mass is 79.9. The van der Waals surface area contributed by atoms with Crippen LogP contribution in [0, 0.1) is 0 Å². The number of aromatic nitrogens is 2. The van der Waals surface area contributed by atoms with Crippen molar-refractivity contribution in [2.24, 2.45) is 5.73 Å². The van der Waals surface area contributed by atoms with Gasteiger partial charge in [-0.15, -0.1) is 0 Å². The molecule has 0 saturated carbocycles. The highest BCUT2D eigenvalue weighted by Gasteiger charge is 2.09. The Labute approximate surface area is 87.4 Å². The van der Waals surface area contributed by atoms with E-state index >= 15 is 0 Å². The summed E-state index contributed by atoms with van der Waals surface area (Å²) in [5.74, 6) is 0.466. The highest BCUT2D eigenvalue weighted by molar-refractivity contribution is 9.10. The average Bonchev–Trinajstić information content (AvgIpc) is 2.43.